The Bertz CT molecular complexity index is 894. The molecule has 2 aromatic rings. The Morgan fingerprint density at radius 1 is 1.15 bits per heavy atom. The van der Waals surface area contributed by atoms with Crippen LogP contribution < -0.4 is 0 Å². The van der Waals surface area contributed by atoms with Gasteiger partial charge in [0.1, 0.15) is 5.92 Å². The van der Waals surface area contributed by atoms with Gasteiger partial charge in [-0.25, -0.2) is 0 Å². The van der Waals surface area contributed by atoms with E-state index < -0.39 is 5.92 Å². The maximum atomic E-state index is 13.1. The molecule has 0 amide bonds. The monoisotopic (exact) mass is 385 g/mol. The maximum Gasteiger partial charge on any atom is 0.315 e. The van der Waals surface area contributed by atoms with Gasteiger partial charge in [-0.1, -0.05) is 12.1 Å². The first kappa shape index (κ1) is 17.4. The van der Waals surface area contributed by atoms with E-state index in [2.05, 4.69) is 6.07 Å². The summed E-state index contributed by atoms with van der Waals surface area (Å²) >= 11 is 3.26. The van der Waals surface area contributed by atoms with E-state index in [9.17, 15) is 9.59 Å². The number of ether oxygens (including phenoxy) is 1. The lowest BCUT2D eigenvalue weighted by atomic mass is 9.72. The third kappa shape index (κ3) is 2.87. The van der Waals surface area contributed by atoms with Crippen molar-refractivity contribution in [3.63, 3.8) is 0 Å². The van der Waals surface area contributed by atoms with E-state index in [0.29, 0.717) is 12.0 Å². The molecule has 0 saturated heterocycles. The third-order valence-corrected chi connectivity index (χ3v) is 7.13. The molecule has 0 bridgehead atoms. The average molecular weight is 386 g/mol. The molecule has 134 valence electrons. The minimum atomic E-state index is -0.528. The van der Waals surface area contributed by atoms with Crippen LogP contribution in [0.5, 0.6) is 0 Å². The SMILES string of the molecule is COC(=O)C1C(C)=NC2=C(C(=O)C[C@@H](c3cccs3)C2)[C@@H]1c1cccs1. The minimum absolute atomic E-state index is 0.105. The average Bonchev–Trinajstić information content (AvgIpc) is 3.33. The number of thiophene rings is 2. The molecule has 26 heavy (non-hydrogen) atoms. The number of Topliss-reactive ketones (excluding diaryl/α,β-unsaturated/α-hetero) is 1. The van der Waals surface area contributed by atoms with Gasteiger partial charge in [-0.05, 0) is 36.2 Å². The molecule has 3 heterocycles. The van der Waals surface area contributed by atoms with Gasteiger partial charge in [-0.3, -0.25) is 14.6 Å². The lowest BCUT2D eigenvalue weighted by molar-refractivity contribution is -0.143. The number of rotatable bonds is 3. The molecule has 0 fully saturated rings. The van der Waals surface area contributed by atoms with Crippen LogP contribution >= 0.6 is 22.7 Å². The second-order valence-electron chi connectivity index (χ2n) is 6.65. The quantitative estimate of drug-likeness (QED) is 0.728. The van der Waals surface area contributed by atoms with Crippen molar-refractivity contribution in [2.24, 2.45) is 10.9 Å². The summed E-state index contributed by atoms with van der Waals surface area (Å²) in [5, 5.41) is 4.02. The van der Waals surface area contributed by atoms with Crippen LogP contribution in [0.2, 0.25) is 0 Å². The van der Waals surface area contributed by atoms with E-state index in [0.717, 1.165) is 22.7 Å². The van der Waals surface area contributed by atoms with Crippen molar-refractivity contribution in [3.8, 4) is 0 Å². The van der Waals surface area contributed by atoms with Crippen molar-refractivity contribution in [3.05, 3.63) is 56.1 Å². The second-order valence-corrected chi connectivity index (χ2v) is 8.61. The van der Waals surface area contributed by atoms with E-state index in [1.54, 1.807) is 22.7 Å². The molecule has 1 aliphatic heterocycles. The van der Waals surface area contributed by atoms with Gasteiger partial charge in [-0.2, -0.15) is 0 Å². The summed E-state index contributed by atoms with van der Waals surface area (Å²) in [6.45, 7) is 1.87. The number of carbonyl (C=O) groups is 2. The van der Waals surface area contributed by atoms with E-state index in [1.807, 2.05) is 35.9 Å². The predicted octanol–water partition coefficient (Wildman–Crippen LogP) is 4.56. The van der Waals surface area contributed by atoms with Crippen LogP contribution in [0.3, 0.4) is 0 Å². The van der Waals surface area contributed by atoms with Crippen molar-refractivity contribution in [1.29, 1.82) is 0 Å². The number of hydrogen-bond donors (Lipinski definition) is 0. The predicted molar refractivity (Wildman–Crippen MR) is 104 cm³/mol. The second kappa shape index (κ2) is 6.93. The lowest BCUT2D eigenvalue weighted by Crippen LogP contribution is -2.37. The fourth-order valence-corrected chi connectivity index (χ4v) is 5.69. The summed E-state index contributed by atoms with van der Waals surface area (Å²) in [4.78, 5) is 32.6. The highest BCUT2D eigenvalue weighted by molar-refractivity contribution is 7.10. The Balaban J connectivity index is 1.80. The van der Waals surface area contributed by atoms with Crippen LogP contribution in [-0.4, -0.2) is 24.6 Å². The highest BCUT2D eigenvalue weighted by Gasteiger charge is 2.45. The molecular formula is C20H19NO3S2. The third-order valence-electron chi connectivity index (χ3n) is 5.14. The first-order valence-electron chi connectivity index (χ1n) is 8.56. The van der Waals surface area contributed by atoms with Crippen molar-refractivity contribution < 1.29 is 14.3 Å². The van der Waals surface area contributed by atoms with Crippen LogP contribution in [0.15, 0.2) is 51.3 Å². The molecule has 0 saturated carbocycles. The zero-order valence-corrected chi connectivity index (χ0v) is 16.2. The van der Waals surface area contributed by atoms with Crippen LogP contribution in [0, 0.1) is 5.92 Å². The lowest BCUT2D eigenvalue weighted by Gasteiger charge is -2.35. The zero-order chi connectivity index (χ0) is 18.3. The number of carbonyl (C=O) groups excluding carboxylic acids is 2. The van der Waals surface area contributed by atoms with Crippen molar-refractivity contribution in [1.82, 2.24) is 0 Å². The largest absolute Gasteiger partial charge is 0.468 e. The smallest absolute Gasteiger partial charge is 0.315 e. The molecule has 6 heteroatoms. The van der Waals surface area contributed by atoms with Crippen molar-refractivity contribution >= 4 is 40.1 Å². The topological polar surface area (TPSA) is 55.7 Å². The van der Waals surface area contributed by atoms with Gasteiger partial charge < -0.3 is 4.74 Å². The fourth-order valence-electron chi connectivity index (χ4n) is 3.99. The summed E-state index contributed by atoms with van der Waals surface area (Å²) in [6.07, 6.45) is 1.22. The first-order chi connectivity index (χ1) is 12.6. The Hall–Kier alpha value is -2.05. The van der Waals surface area contributed by atoms with Crippen molar-refractivity contribution in [2.75, 3.05) is 7.11 Å². The molecular weight excluding hydrogens is 366 g/mol. The summed E-state index contributed by atoms with van der Waals surface area (Å²) in [6, 6.07) is 8.05. The van der Waals surface area contributed by atoms with Gasteiger partial charge in [-0.15, -0.1) is 22.7 Å². The molecule has 4 rings (SSSR count). The number of hydrogen-bond acceptors (Lipinski definition) is 6. The van der Waals surface area contributed by atoms with E-state index >= 15 is 0 Å². The van der Waals surface area contributed by atoms with E-state index in [1.165, 1.54) is 12.0 Å². The van der Waals surface area contributed by atoms with Crippen LogP contribution in [0.25, 0.3) is 0 Å². The van der Waals surface area contributed by atoms with E-state index in [4.69, 9.17) is 9.73 Å². The first-order valence-corrected chi connectivity index (χ1v) is 10.3. The Morgan fingerprint density at radius 3 is 2.46 bits per heavy atom. The van der Waals surface area contributed by atoms with Gasteiger partial charge in [0.05, 0.1) is 7.11 Å². The molecule has 2 aromatic heterocycles. The van der Waals surface area contributed by atoms with Gasteiger partial charge >= 0.3 is 5.97 Å². The van der Waals surface area contributed by atoms with Gasteiger partial charge in [0.2, 0.25) is 0 Å². The normalized spacial score (nSPS) is 25.7. The Morgan fingerprint density at radius 2 is 1.85 bits per heavy atom. The number of allylic oxidation sites excluding steroid dienone is 2. The number of esters is 1. The molecule has 0 N–H and O–H groups in total. The van der Waals surface area contributed by atoms with Gasteiger partial charge in [0.25, 0.3) is 0 Å². The van der Waals surface area contributed by atoms with E-state index in [-0.39, 0.29) is 23.6 Å². The van der Waals surface area contributed by atoms with Gasteiger partial charge in [0.15, 0.2) is 5.78 Å². The molecule has 0 spiro atoms. The molecule has 2 aliphatic rings. The fraction of sp³-hybridized carbons (Fsp3) is 0.350. The number of nitrogens with zero attached hydrogens (tertiary/aromatic N) is 1. The summed E-state index contributed by atoms with van der Waals surface area (Å²) < 4.78 is 5.04. The standard InChI is InChI=1S/C20H19NO3S2/c1-11-17(20(23)24-2)19(16-6-4-8-26-16)18-13(21-11)9-12(10-14(18)22)15-5-3-7-25-15/h3-8,12,17,19H,9-10H2,1-2H3/t12-,17?,19+/m0/s1. The molecule has 1 aliphatic carbocycles. The summed E-state index contributed by atoms with van der Waals surface area (Å²) in [5.74, 6) is -0.861. The summed E-state index contributed by atoms with van der Waals surface area (Å²) in [5.41, 5.74) is 2.28. The van der Waals surface area contributed by atoms with Crippen LogP contribution in [0.1, 0.15) is 41.4 Å². The molecule has 1 unspecified atom stereocenters. The molecule has 4 nitrogen and oxygen atoms in total. The van der Waals surface area contributed by atoms with Crippen LogP contribution in [0.4, 0.5) is 0 Å². The highest BCUT2D eigenvalue weighted by atomic mass is 32.1. The Kier molecular flexibility index (Phi) is 4.63. The maximum absolute atomic E-state index is 13.1. The number of ketones is 1. The highest BCUT2D eigenvalue weighted by Crippen LogP contribution is 2.48. The zero-order valence-electron chi connectivity index (χ0n) is 14.6. The molecule has 3 atom stereocenters. The molecule has 0 aromatic carbocycles. The number of methoxy groups -OCH3 is 1. The number of aliphatic imine (C=N–C) groups is 1. The van der Waals surface area contributed by atoms with Gasteiger partial charge in [0, 0.05) is 45.0 Å². The van der Waals surface area contributed by atoms with Crippen LogP contribution in [-0.2, 0) is 14.3 Å². The molecule has 0 radical (unpaired) electrons. The minimum Gasteiger partial charge on any atom is -0.468 e. The summed E-state index contributed by atoms with van der Waals surface area (Å²) in [7, 11) is 1.39. The van der Waals surface area contributed by atoms with Crippen molar-refractivity contribution in [2.45, 2.75) is 31.6 Å². The Labute approximate surface area is 160 Å².